The van der Waals surface area contributed by atoms with Crippen LogP contribution < -0.4 is 5.56 Å². The maximum absolute atomic E-state index is 13.1. The molecule has 4 aromatic rings. The highest BCUT2D eigenvalue weighted by molar-refractivity contribution is 6.30. The van der Waals surface area contributed by atoms with Crippen molar-refractivity contribution in [1.82, 2.24) is 19.5 Å². The van der Waals surface area contributed by atoms with Gasteiger partial charge < -0.3 is 5.11 Å². The first-order valence-electron chi connectivity index (χ1n) is 8.77. The van der Waals surface area contributed by atoms with E-state index in [1.807, 2.05) is 24.3 Å². The molecule has 0 aliphatic carbocycles. The van der Waals surface area contributed by atoms with Crippen LogP contribution in [0.4, 0.5) is 0 Å². The first-order valence-corrected chi connectivity index (χ1v) is 9.15. The molecule has 1 aromatic carbocycles. The van der Waals surface area contributed by atoms with Gasteiger partial charge in [-0.25, -0.2) is 9.97 Å². The summed E-state index contributed by atoms with van der Waals surface area (Å²) in [6, 6.07) is 12.3. The highest BCUT2D eigenvalue weighted by atomic mass is 35.5. The second kappa shape index (κ2) is 7.50. The van der Waals surface area contributed by atoms with E-state index in [2.05, 4.69) is 9.97 Å². The number of aliphatic hydroxyl groups excluding tert-OH is 1. The quantitative estimate of drug-likeness (QED) is 0.572. The maximum Gasteiger partial charge on any atom is 0.261 e. The fourth-order valence-electron chi connectivity index (χ4n) is 3.02. The number of pyridine rings is 2. The third-order valence-corrected chi connectivity index (χ3v) is 4.83. The van der Waals surface area contributed by atoms with Crippen LogP contribution in [0.3, 0.4) is 0 Å². The van der Waals surface area contributed by atoms with Gasteiger partial charge in [0, 0.05) is 28.5 Å². The molecule has 140 valence electrons. The van der Waals surface area contributed by atoms with Crippen LogP contribution in [0.1, 0.15) is 13.0 Å². The number of hydrogen-bond donors (Lipinski definition) is 1. The second-order valence-corrected chi connectivity index (χ2v) is 6.93. The van der Waals surface area contributed by atoms with Gasteiger partial charge in [-0.3, -0.25) is 14.3 Å². The second-order valence-electron chi connectivity index (χ2n) is 6.49. The fraction of sp³-hybridized carbons (Fsp3) is 0.143. The van der Waals surface area contributed by atoms with Crippen LogP contribution in [0.15, 0.2) is 66.0 Å². The third-order valence-electron chi connectivity index (χ3n) is 4.58. The van der Waals surface area contributed by atoms with Crippen molar-refractivity contribution in [2.45, 2.75) is 13.0 Å². The van der Waals surface area contributed by atoms with E-state index < -0.39 is 0 Å². The van der Waals surface area contributed by atoms with Gasteiger partial charge in [0.1, 0.15) is 5.52 Å². The molecular weight excluding hydrogens is 376 g/mol. The van der Waals surface area contributed by atoms with Crippen LogP contribution >= 0.6 is 11.6 Å². The molecule has 3 heterocycles. The summed E-state index contributed by atoms with van der Waals surface area (Å²) >= 11 is 6.02. The van der Waals surface area contributed by atoms with Crippen LogP contribution in [0.2, 0.25) is 5.02 Å². The highest BCUT2D eigenvalue weighted by Crippen LogP contribution is 2.29. The average Bonchev–Trinajstić information content (AvgIpc) is 2.74. The molecule has 0 fully saturated rings. The number of nitrogens with zero attached hydrogens (tertiary/aromatic N) is 4. The zero-order valence-electron chi connectivity index (χ0n) is 15.1. The molecule has 0 radical (unpaired) electrons. The molecule has 0 spiro atoms. The molecular formula is C21H17ClN4O2. The first-order chi connectivity index (χ1) is 13.6. The minimum absolute atomic E-state index is 0.155. The van der Waals surface area contributed by atoms with Gasteiger partial charge in [-0.05, 0) is 37.3 Å². The van der Waals surface area contributed by atoms with Crippen LogP contribution in [-0.2, 0) is 0 Å². The molecule has 0 bridgehead atoms. The van der Waals surface area contributed by atoms with Gasteiger partial charge in [0.2, 0.25) is 0 Å². The van der Waals surface area contributed by atoms with Crippen LogP contribution in [0.25, 0.3) is 33.4 Å². The summed E-state index contributed by atoms with van der Waals surface area (Å²) in [4.78, 5) is 26.5. The van der Waals surface area contributed by atoms with Crippen molar-refractivity contribution in [3.63, 3.8) is 0 Å². The van der Waals surface area contributed by atoms with Gasteiger partial charge in [-0.15, -0.1) is 0 Å². The van der Waals surface area contributed by atoms with Crippen LogP contribution in [-0.4, -0.2) is 31.2 Å². The summed E-state index contributed by atoms with van der Waals surface area (Å²) in [6.07, 6.45) is 4.84. The van der Waals surface area contributed by atoms with Crippen LogP contribution in [0, 0.1) is 0 Å². The summed E-state index contributed by atoms with van der Waals surface area (Å²) < 4.78 is 1.43. The zero-order valence-corrected chi connectivity index (χ0v) is 15.8. The van der Waals surface area contributed by atoms with Gasteiger partial charge in [-0.2, -0.15) is 0 Å². The molecule has 0 aliphatic heterocycles. The van der Waals surface area contributed by atoms with E-state index in [1.54, 1.807) is 37.5 Å². The Bertz CT molecular complexity index is 1190. The van der Waals surface area contributed by atoms with Crippen molar-refractivity contribution in [3.8, 4) is 22.5 Å². The standard InChI is InChI=1S/C21H17ClN4O2/c1-13(11-27)26-12-24-20-17(21(26)28)9-18(15-3-2-8-23-10-15)25-19(20)14-4-6-16(22)7-5-14/h2-10,12-13,27H,11H2,1H3. The summed E-state index contributed by atoms with van der Waals surface area (Å²) in [7, 11) is 0. The number of aliphatic hydroxyl groups is 1. The lowest BCUT2D eigenvalue weighted by atomic mass is 10.1. The lowest BCUT2D eigenvalue weighted by molar-refractivity contribution is 0.236. The van der Waals surface area contributed by atoms with Crippen molar-refractivity contribution >= 4 is 22.5 Å². The molecule has 1 unspecified atom stereocenters. The largest absolute Gasteiger partial charge is 0.394 e. The summed E-state index contributed by atoms with van der Waals surface area (Å²) in [5.74, 6) is 0. The predicted octanol–water partition coefficient (Wildman–Crippen LogP) is 3.73. The van der Waals surface area contributed by atoms with Gasteiger partial charge >= 0.3 is 0 Å². The van der Waals surface area contributed by atoms with Crippen molar-refractivity contribution in [2.75, 3.05) is 6.61 Å². The van der Waals surface area contributed by atoms with Crippen molar-refractivity contribution in [3.05, 3.63) is 76.6 Å². The smallest absolute Gasteiger partial charge is 0.261 e. The number of fused-ring (bicyclic) bond motifs is 1. The Kier molecular flexibility index (Phi) is 4.90. The topological polar surface area (TPSA) is 80.9 Å². The first kappa shape index (κ1) is 18.3. The van der Waals surface area contributed by atoms with Gasteiger partial charge in [0.25, 0.3) is 5.56 Å². The molecule has 28 heavy (non-hydrogen) atoms. The molecule has 0 aliphatic rings. The van der Waals surface area contributed by atoms with E-state index in [0.717, 1.165) is 11.1 Å². The van der Waals surface area contributed by atoms with E-state index in [-0.39, 0.29) is 18.2 Å². The van der Waals surface area contributed by atoms with E-state index in [9.17, 15) is 9.90 Å². The minimum Gasteiger partial charge on any atom is -0.394 e. The van der Waals surface area contributed by atoms with Gasteiger partial charge in [0.15, 0.2) is 0 Å². The predicted molar refractivity (Wildman–Crippen MR) is 109 cm³/mol. The zero-order chi connectivity index (χ0) is 19.7. The number of rotatable bonds is 4. The van der Waals surface area contributed by atoms with Crippen molar-refractivity contribution in [1.29, 1.82) is 0 Å². The number of benzene rings is 1. The summed E-state index contributed by atoms with van der Waals surface area (Å²) in [5.41, 5.74) is 3.09. The van der Waals surface area contributed by atoms with Crippen LogP contribution in [0.5, 0.6) is 0 Å². The fourth-order valence-corrected chi connectivity index (χ4v) is 3.14. The molecule has 6 nitrogen and oxygen atoms in total. The highest BCUT2D eigenvalue weighted by Gasteiger charge is 2.16. The molecule has 1 N–H and O–H groups in total. The Hall–Kier alpha value is -3.09. The molecule has 0 saturated heterocycles. The summed E-state index contributed by atoms with van der Waals surface area (Å²) in [5, 5.41) is 10.5. The van der Waals surface area contributed by atoms with Crippen molar-refractivity contribution in [2.24, 2.45) is 0 Å². The lowest BCUT2D eigenvalue weighted by Gasteiger charge is -2.14. The normalized spacial score (nSPS) is 12.2. The lowest BCUT2D eigenvalue weighted by Crippen LogP contribution is -2.25. The van der Waals surface area contributed by atoms with E-state index in [1.165, 1.54) is 10.9 Å². The number of hydrogen-bond acceptors (Lipinski definition) is 5. The third kappa shape index (κ3) is 3.28. The Morgan fingerprint density at radius 3 is 2.64 bits per heavy atom. The van der Waals surface area contributed by atoms with Gasteiger partial charge in [0.05, 0.1) is 35.8 Å². The monoisotopic (exact) mass is 392 g/mol. The minimum atomic E-state index is -0.376. The van der Waals surface area contributed by atoms with Gasteiger partial charge in [-0.1, -0.05) is 23.7 Å². The SMILES string of the molecule is CC(CO)n1cnc2c(-c3ccc(Cl)cc3)nc(-c3cccnc3)cc2c1=O. The number of halogens is 1. The van der Waals surface area contributed by atoms with E-state index in [0.29, 0.717) is 27.3 Å². The Morgan fingerprint density at radius 1 is 1.18 bits per heavy atom. The molecule has 0 saturated carbocycles. The molecule has 4 rings (SSSR count). The summed E-state index contributed by atoms with van der Waals surface area (Å²) in [6.45, 7) is 1.61. The van der Waals surface area contributed by atoms with E-state index in [4.69, 9.17) is 16.6 Å². The molecule has 3 aromatic heterocycles. The molecule has 0 amide bonds. The van der Waals surface area contributed by atoms with E-state index >= 15 is 0 Å². The molecule has 7 heteroatoms. The Balaban J connectivity index is 2.05. The van der Waals surface area contributed by atoms with Crippen molar-refractivity contribution < 1.29 is 5.11 Å². The Morgan fingerprint density at radius 2 is 1.96 bits per heavy atom. The average molecular weight is 393 g/mol. The molecule has 1 atom stereocenters. The maximum atomic E-state index is 13.1. The number of aromatic nitrogens is 4. The Labute approximate surface area is 166 Å².